The van der Waals surface area contributed by atoms with Crippen LogP contribution in [0.15, 0.2) is 0 Å². The van der Waals surface area contributed by atoms with Gasteiger partial charge >= 0.3 is 0 Å². The molecule has 0 aliphatic carbocycles. The summed E-state index contributed by atoms with van der Waals surface area (Å²) in [5, 5.41) is 4.97. The highest BCUT2D eigenvalue weighted by Gasteiger charge is 1.89. The number of hydrogen-bond donors (Lipinski definition) is 1. The predicted molar refractivity (Wildman–Crippen MR) is 35.6 cm³/mol. The maximum absolute atomic E-state index is 3.05. The van der Waals surface area contributed by atoms with Crippen molar-refractivity contribution < 1.29 is 5.10 Å². The molecule has 48 valence electrons. The van der Waals surface area contributed by atoms with Crippen LogP contribution in [-0.4, -0.2) is 25.3 Å². The third-order valence-electron chi connectivity index (χ3n) is 0.666. The van der Waals surface area contributed by atoms with Crippen molar-refractivity contribution in [1.82, 2.24) is 5.01 Å². The summed E-state index contributed by atoms with van der Waals surface area (Å²) in [6.07, 6.45) is 2.04. The number of hydrazine groups is 1. The maximum atomic E-state index is 3.05. The van der Waals surface area contributed by atoms with Gasteiger partial charge in [0.2, 0.25) is 0 Å². The summed E-state index contributed by atoms with van der Waals surface area (Å²) >= 11 is 0. The molecule has 0 aliphatic rings. The van der Waals surface area contributed by atoms with Gasteiger partial charge in [-0.1, -0.05) is 13.8 Å². The molecule has 0 rings (SSSR count). The number of nitrogens with zero attached hydrogens (tertiary/aromatic N) is 1. The molecule has 8 heavy (non-hydrogen) atoms. The SMILES string of the molecule is CC(C)C=[NH+]N(C)C. The van der Waals surface area contributed by atoms with Crippen LogP contribution in [0.1, 0.15) is 13.8 Å². The van der Waals surface area contributed by atoms with Gasteiger partial charge in [0.1, 0.15) is 0 Å². The zero-order chi connectivity index (χ0) is 6.57. The van der Waals surface area contributed by atoms with Crippen molar-refractivity contribution in [2.75, 3.05) is 14.1 Å². The number of rotatable bonds is 2. The molecule has 0 aliphatic heterocycles. The van der Waals surface area contributed by atoms with Crippen LogP contribution in [-0.2, 0) is 0 Å². The van der Waals surface area contributed by atoms with E-state index in [0.29, 0.717) is 5.92 Å². The topological polar surface area (TPSA) is 17.2 Å². The van der Waals surface area contributed by atoms with E-state index in [-0.39, 0.29) is 0 Å². The number of hydrazone groups is 1. The Morgan fingerprint density at radius 3 is 2.00 bits per heavy atom. The molecule has 2 heteroatoms. The van der Waals surface area contributed by atoms with Gasteiger partial charge in [0, 0.05) is 5.92 Å². The molecule has 1 N–H and O–H groups in total. The van der Waals surface area contributed by atoms with Gasteiger partial charge < -0.3 is 0 Å². The third-order valence-corrected chi connectivity index (χ3v) is 0.666. The Morgan fingerprint density at radius 2 is 1.88 bits per heavy atom. The normalized spacial score (nSPS) is 11.1. The van der Waals surface area contributed by atoms with Crippen molar-refractivity contribution >= 4 is 6.21 Å². The van der Waals surface area contributed by atoms with Crippen molar-refractivity contribution in [2.45, 2.75) is 13.8 Å². The summed E-state index contributed by atoms with van der Waals surface area (Å²) < 4.78 is 0. The van der Waals surface area contributed by atoms with E-state index in [4.69, 9.17) is 0 Å². The molecule has 0 unspecified atom stereocenters. The van der Waals surface area contributed by atoms with Crippen molar-refractivity contribution in [3.63, 3.8) is 0 Å². The van der Waals surface area contributed by atoms with E-state index in [9.17, 15) is 0 Å². The van der Waals surface area contributed by atoms with Crippen molar-refractivity contribution in [3.05, 3.63) is 0 Å². The molecule has 0 aromatic carbocycles. The lowest BCUT2D eigenvalue weighted by Crippen LogP contribution is -2.79. The van der Waals surface area contributed by atoms with E-state index in [1.54, 1.807) is 0 Å². The van der Waals surface area contributed by atoms with Crippen LogP contribution in [0.2, 0.25) is 0 Å². The Bertz CT molecular complexity index is 64.6. The fraction of sp³-hybridized carbons (Fsp3) is 0.833. The Kier molecular flexibility index (Phi) is 3.24. The Balaban J connectivity index is 3.34. The predicted octanol–water partition coefficient (Wildman–Crippen LogP) is -0.730. The van der Waals surface area contributed by atoms with Crippen molar-refractivity contribution in [3.8, 4) is 0 Å². The van der Waals surface area contributed by atoms with Gasteiger partial charge in [0.05, 0.1) is 14.1 Å². The minimum absolute atomic E-state index is 0.609. The quantitative estimate of drug-likeness (QED) is 0.371. The minimum atomic E-state index is 0.609. The summed E-state index contributed by atoms with van der Waals surface area (Å²) in [5.74, 6) is 0.609. The van der Waals surface area contributed by atoms with Crippen molar-refractivity contribution in [1.29, 1.82) is 0 Å². The molecule has 0 spiro atoms. The second kappa shape index (κ2) is 3.47. The van der Waals surface area contributed by atoms with Crippen molar-refractivity contribution in [2.24, 2.45) is 5.92 Å². The molecular formula is C6H15N2+. The molecule has 2 nitrogen and oxygen atoms in total. The van der Waals surface area contributed by atoms with Gasteiger partial charge in [0.25, 0.3) is 0 Å². The van der Waals surface area contributed by atoms with Crippen LogP contribution in [0.25, 0.3) is 0 Å². The van der Waals surface area contributed by atoms with Gasteiger partial charge in [-0.05, 0) is 0 Å². The van der Waals surface area contributed by atoms with Gasteiger partial charge in [-0.15, -0.1) is 5.10 Å². The second-order valence-electron chi connectivity index (χ2n) is 2.43. The van der Waals surface area contributed by atoms with Crippen LogP contribution in [0.4, 0.5) is 0 Å². The van der Waals surface area contributed by atoms with Crippen LogP contribution in [0.5, 0.6) is 0 Å². The van der Waals surface area contributed by atoms with Crippen LogP contribution >= 0.6 is 0 Å². The third kappa shape index (κ3) is 5.47. The molecule has 0 heterocycles. The standard InChI is InChI=1S/C6H14N2/c1-6(2)5-7-8(3)4/h5-6H,1-4H3/p+1. The maximum Gasteiger partial charge on any atom is 0.170 e. The highest BCUT2D eigenvalue weighted by atomic mass is 15.4. The first-order valence-corrected chi connectivity index (χ1v) is 2.89. The average molecular weight is 115 g/mol. The largest absolute Gasteiger partial charge is 0.195 e. The van der Waals surface area contributed by atoms with Crippen LogP contribution in [0.3, 0.4) is 0 Å². The molecule has 0 aromatic rings. The first-order valence-electron chi connectivity index (χ1n) is 2.89. The molecular weight excluding hydrogens is 100 g/mol. The van der Waals surface area contributed by atoms with Gasteiger partial charge in [-0.3, -0.25) is 0 Å². The first-order chi connectivity index (χ1) is 3.63. The summed E-state index contributed by atoms with van der Waals surface area (Å²) in [6.45, 7) is 4.27. The van der Waals surface area contributed by atoms with Gasteiger partial charge in [0.15, 0.2) is 6.21 Å². The Morgan fingerprint density at radius 1 is 1.38 bits per heavy atom. The van der Waals surface area contributed by atoms with E-state index >= 15 is 0 Å². The van der Waals surface area contributed by atoms with E-state index in [1.807, 2.05) is 25.3 Å². The smallest absolute Gasteiger partial charge is 0.170 e. The lowest BCUT2D eigenvalue weighted by atomic mass is 10.3. The Hall–Kier alpha value is -0.530. The zero-order valence-electron chi connectivity index (χ0n) is 6.10. The number of hydrogen-bond acceptors (Lipinski definition) is 1. The summed E-state index contributed by atoms with van der Waals surface area (Å²) in [4.78, 5) is 0. The molecule has 0 radical (unpaired) electrons. The van der Waals surface area contributed by atoms with E-state index in [1.165, 1.54) is 0 Å². The molecule has 0 bridgehead atoms. The van der Waals surface area contributed by atoms with Crippen LogP contribution < -0.4 is 5.10 Å². The fourth-order valence-electron chi connectivity index (χ4n) is 0.298. The highest BCUT2D eigenvalue weighted by Crippen LogP contribution is 1.77. The summed E-state index contributed by atoms with van der Waals surface area (Å²) in [7, 11) is 3.94. The number of nitrogens with one attached hydrogen (secondary N) is 1. The minimum Gasteiger partial charge on any atom is -0.195 e. The Labute approximate surface area is 51.2 Å². The fourth-order valence-corrected chi connectivity index (χ4v) is 0.298. The zero-order valence-corrected chi connectivity index (χ0v) is 6.10. The molecule has 0 aromatic heterocycles. The lowest BCUT2D eigenvalue weighted by Gasteiger charge is -1.95. The van der Waals surface area contributed by atoms with E-state index < -0.39 is 0 Å². The molecule has 0 saturated heterocycles. The molecule has 0 amide bonds. The van der Waals surface area contributed by atoms with Gasteiger partial charge in [-0.25, -0.2) is 0 Å². The summed E-state index contributed by atoms with van der Waals surface area (Å²) in [5.41, 5.74) is 0. The second-order valence-corrected chi connectivity index (χ2v) is 2.43. The van der Waals surface area contributed by atoms with Crippen LogP contribution in [0, 0.1) is 5.92 Å². The van der Waals surface area contributed by atoms with Gasteiger partial charge in [-0.2, -0.15) is 5.01 Å². The van der Waals surface area contributed by atoms with E-state index in [2.05, 4.69) is 18.9 Å². The average Bonchev–Trinajstić information content (AvgIpc) is 1.61. The molecule has 0 fully saturated rings. The molecule has 0 saturated carbocycles. The summed E-state index contributed by atoms with van der Waals surface area (Å²) in [6, 6.07) is 0. The van der Waals surface area contributed by atoms with E-state index in [0.717, 1.165) is 0 Å². The monoisotopic (exact) mass is 115 g/mol. The molecule has 0 atom stereocenters. The highest BCUT2D eigenvalue weighted by molar-refractivity contribution is 5.52. The first kappa shape index (κ1) is 7.47. The lowest BCUT2D eigenvalue weighted by molar-refractivity contribution is -0.628.